The largest absolute Gasteiger partial charge is 0.347 e. The number of halogens is 2. The van der Waals surface area contributed by atoms with Crippen LogP contribution in [0.2, 0.25) is 10.0 Å². The maximum atomic E-state index is 12.5. The van der Waals surface area contributed by atoms with Crippen molar-refractivity contribution >= 4 is 29.1 Å². The Morgan fingerprint density at radius 1 is 1.35 bits per heavy atom. The molecule has 1 aliphatic rings. The first kappa shape index (κ1) is 16.3. The van der Waals surface area contributed by atoms with Crippen molar-refractivity contribution in [2.24, 2.45) is 13.0 Å². The van der Waals surface area contributed by atoms with Crippen LogP contribution in [0, 0.1) is 5.92 Å². The molecule has 2 aromatic rings. The average molecular weight is 352 g/mol. The molecule has 1 saturated carbocycles. The van der Waals surface area contributed by atoms with E-state index in [1.54, 1.807) is 16.8 Å². The number of hydrogen-bond donors (Lipinski definition) is 1. The van der Waals surface area contributed by atoms with Crippen LogP contribution in [0.15, 0.2) is 30.6 Å². The number of rotatable bonds is 4. The highest BCUT2D eigenvalue weighted by molar-refractivity contribution is 6.42. The van der Waals surface area contributed by atoms with Crippen LogP contribution in [0.25, 0.3) is 0 Å². The van der Waals surface area contributed by atoms with Gasteiger partial charge in [0.1, 0.15) is 0 Å². The minimum absolute atomic E-state index is 0.0150. The van der Waals surface area contributed by atoms with Crippen molar-refractivity contribution in [2.45, 2.75) is 31.7 Å². The molecule has 1 aromatic carbocycles. The van der Waals surface area contributed by atoms with E-state index < -0.39 is 5.54 Å². The smallest absolute Gasteiger partial charge is 0.224 e. The third kappa shape index (κ3) is 3.38. The number of aromatic nitrogens is 2. The normalized spacial score (nSPS) is 20.4. The number of aryl methyl sites for hydroxylation is 1. The molecule has 1 heterocycles. The summed E-state index contributed by atoms with van der Waals surface area (Å²) in [6, 6.07) is 5.44. The van der Waals surface area contributed by atoms with Crippen LogP contribution < -0.4 is 5.32 Å². The summed E-state index contributed by atoms with van der Waals surface area (Å²) in [5, 5.41) is 8.29. The Hall–Kier alpha value is -1.52. The molecule has 1 fully saturated rings. The Balaban J connectivity index is 1.68. The summed E-state index contributed by atoms with van der Waals surface area (Å²) >= 11 is 12.0. The summed E-state index contributed by atoms with van der Waals surface area (Å²) < 4.78 is 1.77. The highest BCUT2D eigenvalue weighted by Gasteiger charge is 2.45. The fourth-order valence-corrected chi connectivity index (χ4v) is 3.14. The van der Waals surface area contributed by atoms with Gasteiger partial charge in [0.25, 0.3) is 0 Å². The third-order valence-electron chi connectivity index (χ3n) is 4.36. The van der Waals surface area contributed by atoms with Crippen LogP contribution >= 0.6 is 23.2 Å². The Morgan fingerprint density at radius 2 is 2.09 bits per heavy atom. The van der Waals surface area contributed by atoms with E-state index in [-0.39, 0.29) is 17.7 Å². The molecular weight excluding hydrogens is 333 g/mol. The molecular formula is C17H19Cl2N3O. The standard InChI is InChI=1S/C17H19Cl2N3O/c1-17(2,11-4-5-14(18)15(19)6-11)21-16(23)13-7-12(13)10-8-20-22(3)9-10/h4-6,8-9,12-13H,7H2,1-3H3,(H,21,23)/t12-,13-/m1/s1. The molecule has 0 spiro atoms. The number of benzene rings is 1. The van der Waals surface area contributed by atoms with E-state index >= 15 is 0 Å². The molecule has 122 valence electrons. The predicted molar refractivity (Wildman–Crippen MR) is 91.7 cm³/mol. The first-order chi connectivity index (χ1) is 10.8. The van der Waals surface area contributed by atoms with Crippen molar-refractivity contribution in [3.8, 4) is 0 Å². The fraction of sp³-hybridized carbons (Fsp3) is 0.412. The van der Waals surface area contributed by atoms with Gasteiger partial charge in [-0.25, -0.2) is 0 Å². The zero-order valence-electron chi connectivity index (χ0n) is 13.3. The molecule has 0 aliphatic heterocycles. The van der Waals surface area contributed by atoms with Crippen molar-refractivity contribution in [3.05, 3.63) is 51.8 Å². The average Bonchev–Trinajstić information content (AvgIpc) is 3.17. The van der Waals surface area contributed by atoms with Gasteiger partial charge in [-0.1, -0.05) is 29.3 Å². The number of amides is 1. The van der Waals surface area contributed by atoms with Crippen LogP contribution in [0.1, 0.15) is 37.3 Å². The van der Waals surface area contributed by atoms with Crippen molar-refractivity contribution < 1.29 is 4.79 Å². The first-order valence-corrected chi connectivity index (χ1v) is 8.29. The maximum absolute atomic E-state index is 12.5. The van der Waals surface area contributed by atoms with Gasteiger partial charge in [-0.3, -0.25) is 9.48 Å². The summed E-state index contributed by atoms with van der Waals surface area (Å²) in [5.74, 6) is 0.351. The van der Waals surface area contributed by atoms with Gasteiger partial charge < -0.3 is 5.32 Å². The van der Waals surface area contributed by atoms with Crippen molar-refractivity contribution in [3.63, 3.8) is 0 Å². The molecule has 1 amide bonds. The number of carbonyl (C=O) groups is 1. The van der Waals surface area contributed by atoms with Gasteiger partial charge >= 0.3 is 0 Å². The lowest BCUT2D eigenvalue weighted by atomic mass is 9.94. The van der Waals surface area contributed by atoms with E-state index in [4.69, 9.17) is 23.2 Å². The van der Waals surface area contributed by atoms with Crippen molar-refractivity contribution in [2.75, 3.05) is 0 Å². The second-order valence-electron chi connectivity index (χ2n) is 6.64. The lowest BCUT2D eigenvalue weighted by Crippen LogP contribution is -2.42. The van der Waals surface area contributed by atoms with Crippen molar-refractivity contribution in [1.82, 2.24) is 15.1 Å². The summed E-state index contributed by atoms with van der Waals surface area (Å²) in [7, 11) is 1.88. The van der Waals surface area contributed by atoms with E-state index in [0.717, 1.165) is 17.5 Å². The molecule has 6 heteroatoms. The topological polar surface area (TPSA) is 46.9 Å². The molecule has 1 aliphatic carbocycles. The molecule has 23 heavy (non-hydrogen) atoms. The van der Waals surface area contributed by atoms with Crippen LogP contribution in [0.5, 0.6) is 0 Å². The molecule has 4 nitrogen and oxygen atoms in total. The van der Waals surface area contributed by atoms with E-state index in [2.05, 4.69) is 10.4 Å². The lowest BCUT2D eigenvalue weighted by Gasteiger charge is -2.27. The monoisotopic (exact) mass is 351 g/mol. The SMILES string of the molecule is Cn1cc([C@H]2C[C@H]2C(=O)NC(C)(C)c2ccc(Cl)c(Cl)c2)cn1. The second kappa shape index (κ2) is 5.84. The second-order valence-corrected chi connectivity index (χ2v) is 7.45. The zero-order valence-corrected chi connectivity index (χ0v) is 14.8. The van der Waals surface area contributed by atoms with Gasteiger partial charge in [0.2, 0.25) is 5.91 Å². The Bertz CT molecular complexity index is 754. The molecule has 1 N–H and O–H groups in total. The quantitative estimate of drug-likeness (QED) is 0.908. The van der Waals surface area contributed by atoms with Gasteiger partial charge in [-0.2, -0.15) is 5.10 Å². The van der Waals surface area contributed by atoms with Gasteiger partial charge in [0.05, 0.1) is 21.8 Å². The van der Waals surface area contributed by atoms with Gasteiger partial charge in [0, 0.05) is 19.2 Å². The highest BCUT2D eigenvalue weighted by atomic mass is 35.5. The maximum Gasteiger partial charge on any atom is 0.224 e. The summed E-state index contributed by atoms with van der Waals surface area (Å²) in [6.45, 7) is 3.93. The molecule has 2 atom stereocenters. The summed E-state index contributed by atoms with van der Waals surface area (Å²) in [6.07, 6.45) is 4.68. The molecule has 0 saturated heterocycles. The molecule has 1 aromatic heterocycles. The lowest BCUT2D eigenvalue weighted by molar-refractivity contribution is -0.124. The number of hydrogen-bond acceptors (Lipinski definition) is 2. The Morgan fingerprint density at radius 3 is 2.70 bits per heavy atom. The van der Waals surface area contributed by atoms with Crippen LogP contribution in [0.4, 0.5) is 0 Å². The predicted octanol–water partition coefficient (Wildman–Crippen LogP) is 3.88. The number of nitrogens with zero attached hydrogens (tertiary/aromatic N) is 2. The Kier molecular flexibility index (Phi) is 4.15. The van der Waals surface area contributed by atoms with Gasteiger partial charge in [-0.05, 0) is 49.4 Å². The minimum Gasteiger partial charge on any atom is -0.347 e. The third-order valence-corrected chi connectivity index (χ3v) is 5.10. The van der Waals surface area contributed by atoms with E-state index in [1.165, 1.54) is 0 Å². The first-order valence-electron chi connectivity index (χ1n) is 7.54. The van der Waals surface area contributed by atoms with Crippen LogP contribution in [0.3, 0.4) is 0 Å². The minimum atomic E-state index is -0.507. The van der Waals surface area contributed by atoms with E-state index in [1.807, 2.05) is 39.4 Å². The van der Waals surface area contributed by atoms with Crippen LogP contribution in [-0.4, -0.2) is 15.7 Å². The van der Waals surface area contributed by atoms with Crippen LogP contribution in [-0.2, 0) is 17.4 Å². The zero-order chi connectivity index (χ0) is 16.8. The van der Waals surface area contributed by atoms with Gasteiger partial charge in [0.15, 0.2) is 0 Å². The summed E-state index contributed by atoms with van der Waals surface area (Å²) in [5.41, 5.74) is 1.55. The molecule has 0 bridgehead atoms. The fourth-order valence-electron chi connectivity index (χ4n) is 2.84. The summed E-state index contributed by atoms with van der Waals surface area (Å²) in [4.78, 5) is 12.5. The molecule has 0 unspecified atom stereocenters. The van der Waals surface area contributed by atoms with E-state index in [9.17, 15) is 4.79 Å². The number of nitrogens with one attached hydrogen (secondary N) is 1. The van der Waals surface area contributed by atoms with Crippen molar-refractivity contribution in [1.29, 1.82) is 0 Å². The van der Waals surface area contributed by atoms with Gasteiger partial charge in [-0.15, -0.1) is 0 Å². The van der Waals surface area contributed by atoms with E-state index in [0.29, 0.717) is 10.0 Å². The molecule has 0 radical (unpaired) electrons. The molecule has 3 rings (SSSR count). The highest BCUT2D eigenvalue weighted by Crippen LogP contribution is 2.47. The number of carbonyl (C=O) groups excluding carboxylic acids is 1. The Labute approximate surface area is 145 Å².